The van der Waals surface area contributed by atoms with Crippen LogP contribution in [0.4, 0.5) is 0 Å². The lowest BCUT2D eigenvalue weighted by molar-refractivity contribution is -0.141. The molecule has 0 amide bonds. The van der Waals surface area contributed by atoms with Crippen molar-refractivity contribution in [2.24, 2.45) is 0 Å². The molecule has 0 fully saturated rings. The van der Waals surface area contributed by atoms with Crippen molar-refractivity contribution in [1.82, 2.24) is 4.57 Å². The third-order valence-electron chi connectivity index (χ3n) is 2.39. The molecule has 0 aliphatic carbocycles. The summed E-state index contributed by atoms with van der Waals surface area (Å²) >= 11 is 0. The predicted molar refractivity (Wildman–Crippen MR) is 59.0 cm³/mol. The van der Waals surface area contributed by atoms with Crippen molar-refractivity contribution in [2.75, 3.05) is 14.2 Å². The average Bonchev–Trinajstić information content (AvgIpc) is 2.64. The number of fused-ring (bicyclic) bond motifs is 1. The van der Waals surface area contributed by atoms with Crippen molar-refractivity contribution in [3.63, 3.8) is 0 Å². The van der Waals surface area contributed by atoms with E-state index in [1.807, 2.05) is 0 Å². The Morgan fingerprint density at radius 1 is 1.41 bits per heavy atom. The van der Waals surface area contributed by atoms with Gasteiger partial charge in [-0.25, -0.2) is 4.79 Å². The highest BCUT2D eigenvalue weighted by molar-refractivity contribution is 5.77. The molecule has 6 heteroatoms. The lowest BCUT2D eigenvalue weighted by Gasteiger charge is -2.01. The summed E-state index contributed by atoms with van der Waals surface area (Å²) in [5.74, 6) is -0.527. The smallest absolute Gasteiger partial charge is 0.420 e. The van der Waals surface area contributed by atoms with E-state index in [0.717, 1.165) is 0 Å². The Morgan fingerprint density at radius 3 is 2.82 bits per heavy atom. The van der Waals surface area contributed by atoms with Crippen molar-refractivity contribution in [2.45, 2.75) is 6.54 Å². The summed E-state index contributed by atoms with van der Waals surface area (Å²) in [6.07, 6.45) is 0. The van der Waals surface area contributed by atoms with Crippen LogP contribution in [-0.2, 0) is 16.1 Å². The standard InChI is InChI=1S/C11H11NO5/c1-15-7-3-4-8-9(5-7)17-11(14)12(8)6-10(13)16-2/h3-5H,6H2,1-2H3. The highest BCUT2D eigenvalue weighted by Crippen LogP contribution is 2.19. The molecule has 0 saturated heterocycles. The fraction of sp³-hybridized carbons (Fsp3) is 0.273. The van der Waals surface area contributed by atoms with Gasteiger partial charge < -0.3 is 13.9 Å². The molecule has 2 rings (SSSR count). The molecule has 0 atom stereocenters. The second-order valence-corrected chi connectivity index (χ2v) is 3.36. The third-order valence-corrected chi connectivity index (χ3v) is 2.39. The van der Waals surface area contributed by atoms with E-state index in [0.29, 0.717) is 16.8 Å². The molecule has 0 aliphatic heterocycles. The number of aromatic nitrogens is 1. The van der Waals surface area contributed by atoms with E-state index >= 15 is 0 Å². The Bertz CT molecular complexity index is 610. The molecule has 17 heavy (non-hydrogen) atoms. The molecule has 0 N–H and O–H groups in total. The van der Waals surface area contributed by atoms with Crippen LogP contribution in [0.3, 0.4) is 0 Å². The van der Waals surface area contributed by atoms with Gasteiger partial charge in [0.2, 0.25) is 0 Å². The van der Waals surface area contributed by atoms with E-state index in [-0.39, 0.29) is 6.54 Å². The molecule has 0 aliphatic rings. The van der Waals surface area contributed by atoms with Crippen LogP contribution in [0.1, 0.15) is 0 Å². The van der Waals surface area contributed by atoms with Crippen LogP contribution in [-0.4, -0.2) is 24.8 Å². The first-order valence-corrected chi connectivity index (χ1v) is 4.90. The molecule has 0 bridgehead atoms. The van der Waals surface area contributed by atoms with Crippen molar-refractivity contribution >= 4 is 17.1 Å². The van der Waals surface area contributed by atoms with Crippen molar-refractivity contribution in [1.29, 1.82) is 0 Å². The number of rotatable bonds is 3. The number of hydrogen-bond acceptors (Lipinski definition) is 5. The number of benzene rings is 1. The van der Waals surface area contributed by atoms with Gasteiger partial charge in [-0.15, -0.1) is 0 Å². The second-order valence-electron chi connectivity index (χ2n) is 3.36. The highest BCUT2D eigenvalue weighted by Gasteiger charge is 2.13. The van der Waals surface area contributed by atoms with Crippen LogP contribution in [0.25, 0.3) is 11.1 Å². The number of nitrogens with zero attached hydrogens (tertiary/aromatic N) is 1. The van der Waals surface area contributed by atoms with Gasteiger partial charge in [-0.05, 0) is 12.1 Å². The summed E-state index contributed by atoms with van der Waals surface area (Å²) in [5.41, 5.74) is 0.902. The van der Waals surface area contributed by atoms with Crippen molar-refractivity contribution in [3.8, 4) is 5.75 Å². The summed E-state index contributed by atoms with van der Waals surface area (Å²) in [4.78, 5) is 22.7. The quantitative estimate of drug-likeness (QED) is 0.737. The maximum atomic E-state index is 11.5. The first-order valence-electron chi connectivity index (χ1n) is 4.90. The Balaban J connectivity index is 2.52. The fourth-order valence-corrected chi connectivity index (χ4v) is 1.52. The maximum absolute atomic E-state index is 11.5. The fourth-order valence-electron chi connectivity index (χ4n) is 1.52. The van der Waals surface area contributed by atoms with E-state index in [1.54, 1.807) is 18.2 Å². The molecule has 1 aromatic carbocycles. The van der Waals surface area contributed by atoms with Gasteiger partial charge in [0.15, 0.2) is 5.58 Å². The van der Waals surface area contributed by atoms with E-state index in [2.05, 4.69) is 4.74 Å². The topological polar surface area (TPSA) is 70.7 Å². The summed E-state index contributed by atoms with van der Waals surface area (Å²) in [6.45, 7) is -0.172. The van der Waals surface area contributed by atoms with Crippen LogP contribution in [0.15, 0.2) is 27.4 Å². The van der Waals surface area contributed by atoms with Crippen LogP contribution in [0.5, 0.6) is 5.75 Å². The monoisotopic (exact) mass is 237 g/mol. The first-order chi connectivity index (χ1) is 8.15. The van der Waals surface area contributed by atoms with Gasteiger partial charge in [0.25, 0.3) is 0 Å². The van der Waals surface area contributed by atoms with Gasteiger partial charge in [0.1, 0.15) is 12.3 Å². The summed E-state index contributed by atoms with van der Waals surface area (Å²) in [7, 11) is 2.78. The van der Waals surface area contributed by atoms with Crippen LogP contribution >= 0.6 is 0 Å². The molecule has 0 saturated carbocycles. The SMILES string of the molecule is COC(=O)Cn1c(=O)oc2cc(OC)ccc21. The minimum absolute atomic E-state index is 0.172. The Kier molecular flexibility index (Phi) is 2.86. The van der Waals surface area contributed by atoms with Crippen LogP contribution < -0.4 is 10.5 Å². The number of methoxy groups -OCH3 is 2. The normalized spacial score (nSPS) is 10.5. The zero-order valence-electron chi connectivity index (χ0n) is 9.43. The Labute approximate surface area is 96.3 Å². The maximum Gasteiger partial charge on any atom is 0.420 e. The Morgan fingerprint density at radius 2 is 2.18 bits per heavy atom. The lowest BCUT2D eigenvalue weighted by Crippen LogP contribution is -2.20. The zero-order chi connectivity index (χ0) is 12.4. The number of carbonyl (C=O) groups is 1. The second kappa shape index (κ2) is 4.32. The molecule has 1 aromatic heterocycles. The summed E-state index contributed by atoms with van der Waals surface area (Å²) in [5, 5.41) is 0. The minimum atomic E-state index is -0.598. The predicted octanol–water partition coefficient (Wildman–Crippen LogP) is 0.776. The number of ether oxygens (including phenoxy) is 2. The highest BCUT2D eigenvalue weighted by atomic mass is 16.5. The number of oxazole rings is 1. The van der Waals surface area contributed by atoms with E-state index < -0.39 is 11.7 Å². The van der Waals surface area contributed by atoms with Gasteiger partial charge in [-0.3, -0.25) is 9.36 Å². The number of hydrogen-bond donors (Lipinski definition) is 0. The van der Waals surface area contributed by atoms with Crippen molar-refractivity contribution < 1.29 is 18.7 Å². The zero-order valence-corrected chi connectivity index (χ0v) is 9.43. The number of carbonyl (C=O) groups excluding carboxylic acids is 1. The third kappa shape index (κ3) is 2.01. The van der Waals surface area contributed by atoms with Gasteiger partial charge >= 0.3 is 11.7 Å². The molecule has 6 nitrogen and oxygen atoms in total. The molecule has 0 radical (unpaired) electrons. The molecule has 90 valence electrons. The Hall–Kier alpha value is -2.24. The largest absolute Gasteiger partial charge is 0.497 e. The molecular formula is C11H11NO5. The first kappa shape index (κ1) is 11.3. The van der Waals surface area contributed by atoms with Crippen LogP contribution in [0.2, 0.25) is 0 Å². The molecule has 0 unspecified atom stereocenters. The number of esters is 1. The summed E-state index contributed by atoms with van der Waals surface area (Å²) < 4.78 is 15.7. The molecule has 0 spiro atoms. The molecular weight excluding hydrogens is 226 g/mol. The lowest BCUT2D eigenvalue weighted by atomic mass is 10.3. The van der Waals surface area contributed by atoms with Gasteiger partial charge in [0.05, 0.1) is 19.7 Å². The van der Waals surface area contributed by atoms with Gasteiger partial charge in [0, 0.05) is 6.07 Å². The minimum Gasteiger partial charge on any atom is -0.497 e. The van der Waals surface area contributed by atoms with Gasteiger partial charge in [-0.2, -0.15) is 0 Å². The van der Waals surface area contributed by atoms with E-state index in [9.17, 15) is 9.59 Å². The molecule has 1 heterocycles. The molecule has 2 aromatic rings. The average molecular weight is 237 g/mol. The van der Waals surface area contributed by atoms with E-state index in [1.165, 1.54) is 18.8 Å². The van der Waals surface area contributed by atoms with Gasteiger partial charge in [-0.1, -0.05) is 0 Å². The van der Waals surface area contributed by atoms with E-state index in [4.69, 9.17) is 9.15 Å². The van der Waals surface area contributed by atoms with Crippen molar-refractivity contribution in [3.05, 3.63) is 28.7 Å². The van der Waals surface area contributed by atoms with Crippen LogP contribution in [0, 0.1) is 0 Å². The summed E-state index contributed by atoms with van der Waals surface area (Å²) in [6, 6.07) is 4.93.